The third-order valence-electron chi connectivity index (χ3n) is 3.78. The fourth-order valence-corrected chi connectivity index (χ4v) is 4.35. The number of halogens is 1. The lowest BCUT2D eigenvalue weighted by Gasteiger charge is -2.26. The second kappa shape index (κ2) is 7.08. The van der Waals surface area contributed by atoms with Crippen molar-refractivity contribution in [1.82, 2.24) is 4.90 Å². The molecule has 2 amide bonds. The zero-order chi connectivity index (χ0) is 17.0. The van der Waals surface area contributed by atoms with Crippen molar-refractivity contribution in [2.24, 2.45) is 0 Å². The van der Waals surface area contributed by atoms with Gasteiger partial charge in [-0.05, 0) is 18.6 Å². The van der Waals surface area contributed by atoms with Gasteiger partial charge in [0.1, 0.15) is 5.82 Å². The predicted octanol–water partition coefficient (Wildman–Crippen LogP) is 1.19. The molecule has 0 aromatic heterocycles. The first-order valence-electron chi connectivity index (χ1n) is 7.30. The number of nitrogens with one attached hydrogen (secondary N) is 1. The summed E-state index contributed by atoms with van der Waals surface area (Å²) >= 11 is 0. The summed E-state index contributed by atoms with van der Waals surface area (Å²) in [5, 5.41) is 2.44. The first-order chi connectivity index (χ1) is 10.8. The van der Waals surface area contributed by atoms with E-state index in [2.05, 4.69) is 5.32 Å². The van der Waals surface area contributed by atoms with E-state index in [0.29, 0.717) is 6.42 Å². The fraction of sp³-hybridized carbons (Fsp3) is 0.467. The first kappa shape index (κ1) is 17.4. The van der Waals surface area contributed by atoms with Crippen LogP contribution in [0.5, 0.6) is 0 Å². The fourth-order valence-electron chi connectivity index (χ4n) is 2.62. The van der Waals surface area contributed by atoms with E-state index >= 15 is 0 Å². The van der Waals surface area contributed by atoms with Gasteiger partial charge in [0.2, 0.25) is 11.8 Å². The SMILES string of the molecule is CC(=O)N(CCC(=O)Nc1ccccc1F)C1CCS(=O)(=O)C1. The van der Waals surface area contributed by atoms with Gasteiger partial charge in [-0.25, -0.2) is 12.8 Å². The zero-order valence-electron chi connectivity index (χ0n) is 12.8. The molecule has 8 heteroatoms. The van der Waals surface area contributed by atoms with Crippen molar-refractivity contribution in [3.05, 3.63) is 30.1 Å². The van der Waals surface area contributed by atoms with Crippen molar-refractivity contribution in [1.29, 1.82) is 0 Å². The van der Waals surface area contributed by atoms with E-state index in [-0.39, 0.29) is 36.1 Å². The molecule has 0 aliphatic carbocycles. The monoisotopic (exact) mass is 342 g/mol. The highest BCUT2D eigenvalue weighted by atomic mass is 32.2. The summed E-state index contributed by atoms with van der Waals surface area (Å²) in [7, 11) is -3.11. The number of nitrogens with zero attached hydrogens (tertiary/aromatic N) is 1. The third kappa shape index (κ3) is 4.75. The maximum absolute atomic E-state index is 13.5. The van der Waals surface area contributed by atoms with Crippen LogP contribution in [0.2, 0.25) is 0 Å². The van der Waals surface area contributed by atoms with Crippen LogP contribution in [-0.4, -0.2) is 49.2 Å². The molecule has 0 radical (unpaired) electrons. The smallest absolute Gasteiger partial charge is 0.226 e. The van der Waals surface area contributed by atoms with Crippen LogP contribution in [0.15, 0.2) is 24.3 Å². The Morgan fingerprint density at radius 2 is 2.04 bits per heavy atom. The van der Waals surface area contributed by atoms with Crippen molar-refractivity contribution in [2.45, 2.75) is 25.8 Å². The van der Waals surface area contributed by atoms with Crippen LogP contribution in [-0.2, 0) is 19.4 Å². The molecule has 1 aromatic carbocycles. The van der Waals surface area contributed by atoms with Gasteiger partial charge in [-0.3, -0.25) is 9.59 Å². The Morgan fingerprint density at radius 1 is 1.35 bits per heavy atom. The molecule has 1 aliphatic heterocycles. The van der Waals surface area contributed by atoms with Crippen LogP contribution in [0.25, 0.3) is 0 Å². The van der Waals surface area contributed by atoms with Crippen molar-refractivity contribution in [2.75, 3.05) is 23.4 Å². The van der Waals surface area contributed by atoms with Gasteiger partial charge in [0.25, 0.3) is 0 Å². The van der Waals surface area contributed by atoms with E-state index < -0.39 is 27.6 Å². The van der Waals surface area contributed by atoms with E-state index in [1.54, 1.807) is 6.07 Å². The molecule has 1 aromatic rings. The minimum absolute atomic E-state index is 0.0234. The Kier molecular flexibility index (Phi) is 5.35. The van der Waals surface area contributed by atoms with Gasteiger partial charge in [0, 0.05) is 25.9 Å². The largest absolute Gasteiger partial charge is 0.338 e. The Labute approximate surface area is 134 Å². The number of hydrogen-bond donors (Lipinski definition) is 1. The zero-order valence-corrected chi connectivity index (χ0v) is 13.6. The summed E-state index contributed by atoms with van der Waals surface area (Å²) in [4.78, 5) is 25.0. The third-order valence-corrected chi connectivity index (χ3v) is 5.53. The summed E-state index contributed by atoms with van der Waals surface area (Å²) in [5.74, 6) is -1.25. The molecule has 1 heterocycles. The number of hydrogen-bond acceptors (Lipinski definition) is 4. The summed E-state index contributed by atoms with van der Waals surface area (Å²) in [6, 6.07) is 5.41. The lowest BCUT2D eigenvalue weighted by atomic mass is 10.2. The van der Waals surface area contributed by atoms with Crippen molar-refractivity contribution in [3.8, 4) is 0 Å². The Hall–Kier alpha value is -1.96. The van der Waals surface area contributed by atoms with Crippen LogP contribution in [0.1, 0.15) is 19.8 Å². The molecule has 1 fully saturated rings. The summed E-state index contributed by atoms with van der Waals surface area (Å²) < 4.78 is 36.5. The highest BCUT2D eigenvalue weighted by molar-refractivity contribution is 7.91. The minimum atomic E-state index is -3.11. The molecule has 1 saturated heterocycles. The van der Waals surface area contributed by atoms with Gasteiger partial charge < -0.3 is 10.2 Å². The van der Waals surface area contributed by atoms with Gasteiger partial charge in [-0.1, -0.05) is 12.1 Å². The maximum Gasteiger partial charge on any atom is 0.226 e. The molecule has 2 rings (SSSR count). The second-order valence-corrected chi connectivity index (χ2v) is 7.78. The lowest BCUT2D eigenvalue weighted by Crippen LogP contribution is -2.41. The topological polar surface area (TPSA) is 83.6 Å². The standard InChI is InChI=1S/C15H19FN2O4S/c1-11(19)18(12-7-9-23(21,22)10-12)8-6-15(20)17-14-5-3-2-4-13(14)16/h2-5,12H,6-10H2,1H3,(H,17,20). The second-order valence-electron chi connectivity index (χ2n) is 5.55. The van der Waals surface area contributed by atoms with Crippen LogP contribution in [0.3, 0.4) is 0 Å². The molecule has 23 heavy (non-hydrogen) atoms. The molecule has 6 nitrogen and oxygen atoms in total. The summed E-state index contributed by atoms with van der Waals surface area (Å²) in [6.07, 6.45) is 0.362. The minimum Gasteiger partial charge on any atom is -0.338 e. The van der Waals surface area contributed by atoms with E-state index in [1.807, 2.05) is 0 Å². The van der Waals surface area contributed by atoms with Crippen LogP contribution in [0.4, 0.5) is 10.1 Å². The van der Waals surface area contributed by atoms with E-state index in [9.17, 15) is 22.4 Å². The van der Waals surface area contributed by atoms with Crippen LogP contribution in [0, 0.1) is 5.82 Å². The first-order valence-corrected chi connectivity index (χ1v) is 9.12. The summed E-state index contributed by atoms with van der Waals surface area (Å²) in [5.41, 5.74) is 0.0790. The molecule has 126 valence electrons. The molecule has 1 atom stereocenters. The Morgan fingerprint density at radius 3 is 2.61 bits per heavy atom. The molecule has 1 aliphatic rings. The molecule has 0 spiro atoms. The molecular weight excluding hydrogens is 323 g/mol. The van der Waals surface area contributed by atoms with Gasteiger partial charge in [0.05, 0.1) is 17.2 Å². The number of amides is 2. The summed E-state index contributed by atoms with van der Waals surface area (Å²) in [6.45, 7) is 1.45. The predicted molar refractivity (Wildman–Crippen MR) is 84.1 cm³/mol. The van der Waals surface area contributed by atoms with E-state index in [0.717, 1.165) is 0 Å². The van der Waals surface area contributed by atoms with Gasteiger partial charge in [0.15, 0.2) is 9.84 Å². The normalized spacial score (nSPS) is 19.3. The van der Waals surface area contributed by atoms with Gasteiger partial charge >= 0.3 is 0 Å². The number of para-hydroxylation sites is 1. The van der Waals surface area contributed by atoms with Crippen LogP contribution >= 0.6 is 0 Å². The lowest BCUT2D eigenvalue weighted by molar-refractivity contribution is -0.131. The van der Waals surface area contributed by atoms with Crippen molar-refractivity contribution >= 4 is 27.3 Å². The molecule has 0 bridgehead atoms. The number of anilines is 1. The van der Waals surface area contributed by atoms with E-state index in [4.69, 9.17) is 0 Å². The Balaban J connectivity index is 1.93. The van der Waals surface area contributed by atoms with Gasteiger partial charge in [-0.15, -0.1) is 0 Å². The molecule has 1 N–H and O–H groups in total. The van der Waals surface area contributed by atoms with Gasteiger partial charge in [-0.2, -0.15) is 0 Å². The highest BCUT2D eigenvalue weighted by Gasteiger charge is 2.33. The average molecular weight is 342 g/mol. The number of carbonyl (C=O) groups excluding carboxylic acids is 2. The highest BCUT2D eigenvalue weighted by Crippen LogP contribution is 2.18. The molecule has 0 saturated carbocycles. The molecular formula is C15H19FN2O4S. The van der Waals surface area contributed by atoms with E-state index in [1.165, 1.54) is 30.0 Å². The Bertz CT molecular complexity index is 705. The van der Waals surface area contributed by atoms with Crippen molar-refractivity contribution < 1.29 is 22.4 Å². The average Bonchev–Trinajstić information content (AvgIpc) is 2.81. The van der Waals surface area contributed by atoms with Crippen molar-refractivity contribution in [3.63, 3.8) is 0 Å². The quantitative estimate of drug-likeness (QED) is 0.871. The maximum atomic E-state index is 13.5. The number of benzene rings is 1. The number of rotatable bonds is 5. The number of sulfone groups is 1. The molecule has 1 unspecified atom stereocenters. The van der Waals surface area contributed by atoms with Crippen LogP contribution < -0.4 is 5.32 Å². The number of carbonyl (C=O) groups is 2.